The highest BCUT2D eigenvalue weighted by molar-refractivity contribution is 6.41. The highest BCUT2D eigenvalue weighted by Crippen LogP contribution is 2.52. The lowest BCUT2D eigenvalue weighted by Gasteiger charge is -2.52. The van der Waals surface area contributed by atoms with Crippen molar-refractivity contribution in [2.75, 3.05) is 22.9 Å². The third kappa shape index (κ3) is 2.71. The summed E-state index contributed by atoms with van der Waals surface area (Å²) in [5.41, 5.74) is 3.27. The molecule has 2 aliphatic heterocycles. The van der Waals surface area contributed by atoms with Gasteiger partial charge in [-0.2, -0.15) is 0 Å². The molecule has 1 amide bonds. The number of benzene rings is 2. The van der Waals surface area contributed by atoms with Gasteiger partial charge >= 0.3 is 0 Å². The van der Waals surface area contributed by atoms with Gasteiger partial charge in [0.25, 0.3) is 5.91 Å². The molecule has 2 aromatic carbocycles. The second-order valence-electron chi connectivity index (χ2n) is 7.10. The second kappa shape index (κ2) is 6.38. The minimum atomic E-state index is -0.901. The maximum Gasteiger partial charge on any atom is 0.251 e. The average molecular weight is 355 g/mol. The summed E-state index contributed by atoms with van der Waals surface area (Å²) < 4.78 is 0. The fourth-order valence-electron chi connectivity index (χ4n) is 4.07. The number of carbonyl (C=O) groups excluding carboxylic acids is 1. The molecule has 2 unspecified atom stereocenters. The smallest absolute Gasteiger partial charge is 0.251 e. The molecule has 0 aliphatic carbocycles. The molecule has 0 aromatic heterocycles. The molecule has 0 radical (unpaired) electrons. The largest absolute Gasteiger partial charge is 0.371 e. The fraction of sp³-hybridized carbons (Fsp3) is 0.381. The third-order valence-corrected chi connectivity index (χ3v) is 5.74. The van der Waals surface area contributed by atoms with Crippen molar-refractivity contribution in [2.45, 2.75) is 37.1 Å². The maximum absolute atomic E-state index is 12.7. The molecule has 3 nitrogen and oxygen atoms in total. The number of hydrogen-bond acceptors (Lipinski definition) is 2. The number of β-lactam (4-membered cyclic amide) rings is 1. The number of para-hydroxylation sites is 2. The standard InChI is InChI=1S/C21H23ClN2O/c1-21(22)19(24(20(21)25)16-10-4-2-5-11-16)17-12-6-7-13-18(17)23-14-8-3-9-15-23/h2,4-7,10-13,19H,3,8-9,14-15H2,1H3. The predicted octanol–water partition coefficient (Wildman–Crippen LogP) is 4.76. The number of carbonyl (C=O) groups is 1. The molecule has 0 N–H and O–H groups in total. The first kappa shape index (κ1) is 16.5. The summed E-state index contributed by atoms with van der Waals surface area (Å²) in [6.07, 6.45) is 3.74. The van der Waals surface area contributed by atoms with E-state index in [1.54, 1.807) is 0 Å². The van der Waals surface area contributed by atoms with Crippen molar-refractivity contribution in [3.05, 3.63) is 60.2 Å². The van der Waals surface area contributed by atoms with Crippen molar-refractivity contribution in [1.29, 1.82) is 0 Å². The van der Waals surface area contributed by atoms with Crippen LogP contribution >= 0.6 is 11.6 Å². The second-order valence-corrected chi connectivity index (χ2v) is 7.88. The van der Waals surface area contributed by atoms with Gasteiger partial charge in [-0.25, -0.2) is 0 Å². The molecular formula is C21H23ClN2O. The van der Waals surface area contributed by atoms with Crippen LogP contribution in [0.15, 0.2) is 54.6 Å². The quantitative estimate of drug-likeness (QED) is 0.586. The Bertz CT molecular complexity index is 768. The normalized spacial score (nSPS) is 26.5. The Hall–Kier alpha value is -2.00. The summed E-state index contributed by atoms with van der Waals surface area (Å²) in [5.74, 6) is -0.0289. The van der Waals surface area contributed by atoms with Gasteiger partial charge in [0, 0.05) is 30.0 Å². The van der Waals surface area contributed by atoms with Gasteiger partial charge in [-0.1, -0.05) is 36.4 Å². The van der Waals surface area contributed by atoms with Crippen LogP contribution in [0, 0.1) is 0 Å². The molecule has 4 rings (SSSR count). The van der Waals surface area contributed by atoms with Gasteiger partial charge in [-0.3, -0.25) is 4.79 Å². The minimum absolute atomic E-state index is 0.0289. The third-order valence-electron chi connectivity index (χ3n) is 5.37. The molecule has 0 spiro atoms. The van der Waals surface area contributed by atoms with E-state index in [1.165, 1.54) is 24.9 Å². The van der Waals surface area contributed by atoms with E-state index in [1.807, 2.05) is 48.2 Å². The van der Waals surface area contributed by atoms with E-state index >= 15 is 0 Å². The van der Waals surface area contributed by atoms with Crippen molar-refractivity contribution in [1.82, 2.24) is 0 Å². The molecule has 2 aliphatic rings. The van der Waals surface area contributed by atoms with Gasteiger partial charge in [0.2, 0.25) is 0 Å². The van der Waals surface area contributed by atoms with E-state index in [0.29, 0.717) is 0 Å². The van der Waals surface area contributed by atoms with Crippen molar-refractivity contribution < 1.29 is 4.79 Å². The molecule has 0 bridgehead atoms. The summed E-state index contributed by atoms with van der Waals surface area (Å²) in [6, 6.07) is 18.1. The first-order chi connectivity index (χ1) is 12.1. The van der Waals surface area contributed by atoms with Gasteiger partial charge in [0.1, 0.15) is 4.87 Å². The first-order valence-electron chi connectivity index (χ1n) is 9.02. The molecule has 25 heavy (non-hydrogen) atoms. The SMILES string of the molecule is CC1(Cl)C(=O)N(c2ccccc2)C1c1ccccc1N1CCCCC1. The molecule has 130 valence electrons. The zero-order valence-corrected chi connectivity index (χ0v) is 15.2. The Morgan fingerprint density at radius 1 is 0.960 bits per heavy atom. The topological polar surface area (TPSA) is 23.6 Å². The fourth-order valence-corrected chi connectivity index (χ4v) is 4.38. The summed E-state index contributed by atoms with van der Waals surface area (Å²) in [4.78, 5) is 16.1. The molecular weight excluding hydrogens is 332 g/mol. The van der Waals surface area contributed by atoms with Crippen molar-refractivity contribution in [3.8, 4) is 0 Å². The zero-order valence-electron chi connectivity index (χ0n) is 14.5. The molecule has 2 atom stereocenters. The number of nitrogens with zero attached hydrogens (tertiary/aromatic N) is 2. The van der Waals surface area contributed by atoms with Gasteiger partial charge in [0.05, 0.1) is 6.04 Å². The summed E-state index contributed by atoms with van der Waals surface area (Å²) in [5, 5.41) is 0. The Morgan fingerprint density at radius 3 is 2.32 bits per heavy atom. The van der Waals surface area contributed by atoms with E-state index in [-0.39, 0.29) is 11.9 Å². The Morgan fingerprint density at radius 2 is 1.60 bits per heavy atom. The Labute approximate surface area is 154 Å². The van der Waals surface area contributed by atoms with Crippen molar-refractivity contribution >= 4 is 28.9 Å². The van der Waals surface area contributed by atoms with Crippen LogP contribution in [-0.4, -0.2) is 23.9 Å². The van der Waals surface area contributed by atoms with Crippen LogP contribution in [0.1, 0.15) is 37.8 Å². The number of amides is 1. The van der Waals surface area contributed by atoms with Crippen LogP contribution in [0.25, 0.3) is 0 Å². The number of hydrogen-bond donors (Lipinski definition) is 0. The van der Waals surface area contributed by atoms with Gasteiger partial charge in [0.15, 0.2) is 0 Å². The lowest BCUT2D eigenvalue weighted by molar-refractivity contribution is -0.127. The number of alkyl halides is 1. The van der Waals surface area contributed by atoms with Gasteiger partial charge < -0.3 is 9.80 Å². The Kier molecular flexibility index (Phi) is 4.20. The first-order valence-corrected chi connectivity index (χ1v) is 9.40. The number of anilines is 2. The lowest BCUT2D eigenvalue weighted by Crippen LogP contribution is -2.64. The van der Waals surface area contributed by atoms with Crippen LogP contribution in [0.3, 0.4) is 0 Å². The average Bonchev–Trinajstić information content (AvgIpc) is 2.67. The van der Waals surface area contributed by atoms with Crippen LogP contribution in [-0.2, 0) is 4.79 Å². The van der Waals surface area contributed by atoms with E-state index < -0.39 is 4.87 Å². The van der Waals surface area contributed by atoms with Crippen LogP contribution in [0.4, 0.5) is 11.4 Å². The van der Waals surface area contributed by atoms with Crippen LogP contribution in [0.2, 0.25) is 0 Å². The minimum Gasteiger partial charge on any atom is -0.371 e. The van der Waals surface area contributed by atoms with Crippen molar-refractivity contribution in [3.63, 3.8) is 0 Å². The van der Waals surface area contributed by atoms with E-state index in [9.17, 15) is 4.79 Å². The molecule has 2 fully saturated rings. The molecule has 0 saturated carbocycles. The maximum atomic E-state index is 12.7. The Balaban J connectivity index is 1.76. The van der Waals surface area contributed by atoms with Gasteiger partial charge in [-0.05, 0) is 44.4 Å². The summed E-state index contributed by atoms with van der Waals surface area (Å²) in [7, 11) is 0. The predicted molar refractivity (Wildman–Crippen MR) is 103 cm³/mol. The van der Waals surface area contributed by atoms with Gasteiger partial charge in [-0.15, -0.1) is 11.6 Å². The summed E-state index contributed by atoms with van der Waals surface area (Å²) >= 11 is 6.70. The van der Waals surface area contributed by atoms with E-state index in [2.05, 4.69) is 23.1 Å². The van der Waals surface area contributed by atoms with E-state index in [0.717, 1.165) is 24.3 Å². The number of piperidine rings is 1. The van der Waals surface area contributed by atoms with E-state index in [4.69, 9.17) is 11.6 Å². The molecule has 4 heteroatoms. The molecule has 2 saturated heterocycles. The zero-order chi connectivity index (χ0) is 17.4. The number of rotatable bonds is 3. The van der Waals surface area contributed by atoms with Crippen LogP contribution in [0.5, 0.6) is 0 Å². The summed E-state index contributed by atoms with van der Waals surface area (Å²) in [6.45, 7) is 3.98. The van der Waals surface area contributed by atoms with Crippen LogP contribution < -0.4 is 9.80 Å². The molecule has 2 heterocycles. The monoisotopic (exact) mass is 354 g/mol. The number of halogens is 1. The molecule has 2 aromatic rings. The lowest BCUT2D eigenvalue weighted by atomic mass is 9.81. The highest BCUT2D eigenvalue weighted by atomic mass is 35.5. The highest BCUT2D eigenvalue weighted by Gasteiger charge is 2.58. The van der Waals surface area contributed by atoms with Crippen molar-refractivity contribution in [2.24, 2.45) is 0 Å².